The first-order valence-electron chi connectivity index (χ1n) is 6.49. The predicted molar refractivity (Wildman–Crippen MR) is 77.0 cm³/mol. The molecule has 8 heteroatoms. The van der Waals surface area contributed by atoms with Crippen molar-refractivity contribution in [2.24, 2.45) is 0 Å². The highest BCUT2D eigenvalue weighted by Gasteiger charge is 2.18. The number of nitrogens with one attached hydrogen (secondary N) is 1. The largest absolute Gasteiger partial charge is 0.338 e. The number of nitrogens with zero attached hydrogens (tertiary/aromatic N) is 6. The molecule has 3 aromatic rings. The molecule has 1 saturated heterocycles. The van der Waals surface area contributed by atoms with Crippen LogP contribution in [0.5, 0.6) is 0 Å². The number of rotatable bonds is 2. The van der Waals surface area contributed by atoms with Crippen molar-refractivity contribution < 1.29 is 0 Å². The topological polar surface area (TPSA) is 71.2 Å². The molecule has 0 aromatic carbocycles. The monoisotopic (exact) mass is 287 g/mol. The van der Waals surface area contributed by atoms with Gasteiger partial charge in [-0.2, -0.15) is 15.9 Å². The number of hydrogen-bond acceptors (Lipinski definition) is 7. The van der Waals surface area contributed by atoms with Crippen LogP contribution in [0.2, 0.25) is 0 Å². The summed E-state index contributed by atoms with van der Waals surface area (Å²) in [6.45, 7) is 3.74. The molecule has 7 nitrogen and oxygen atoms in total. The Balaban J connectivity index is 1.85. The number of hydrogen-bond donors (Lipinski definition) is 1. The first-order chi connectivity index (χ1) is 9.93. The SMILES string of the molecule is c1cc(-c2cnc(N3CCNCC3)n3nnnc23)cs1. The highest BCUT2D eigenvalue weighted by molar-refractivity contribution is 7.08. The third-order valence-electron chi connectivity index (χ3n) is 3.44. The molecule has 3 aromatic heterocycles. The lowest BCUT2D eigenvalue weighted by molar-refractivity contribution is 0.572. The summed E-state index contributed by atoms with van der Waals surface area (Å²) in [5.41, 5.74) is 2.83. The first-order valence-corrected chi connectivity index (χ1v) is 7.43. The van der Waals surface area contributed by atoms with E-state index in [9.17, 15) is 0 Å². The molecule has 0 bridgehead atoms. The van der Waals surface area contributed by atoms with Crippen LogP contribution in [0.3, 0.4) is 0 Å². The number of piperazine rings is 1. The molecule has 0 unspecified atom stereocenters. The van der Waals surface area contributed by atoms with Gasteiger partial charge < -0.3 is 10.2 Å². The molecule has 102 valence electrons. The second kappa shape index (κ2) is 4.80. The molecule has 0 amide bonds. The molecule has 0 saturated carbocycles. The summed E-state index contributed by atoms with van der Waals surface area (Å²) in [4.78, 5) is 6.79. The van der Waals surface area contributed by atoms with Gasteiger partial charge in [-0.25, -0.2) is 4.98 Å². The minimum atomic E-state index is 0.756. The standard InChI is InChI=1S/C12H13N7S/c1-6-20-8-9(1)10-7-14-12(18-4-2-13-3-5-18)19-11(10)15-16-17-19/h1,6-8,13H,2-5H2. The normalized spacial score (nSPS) is 15.9. The Bertz CT molecular complexity index is 715. The van der Waals surface area contributed by atoms with Gasteiger partial charge in [0.05, 0.1) is 0 Å². The Morgan fingerprint density at radius 2 is 2.15 bits per heavy atom. The van der Waals surface area contributed by atoms with Crippen LogP contribution in [0, 0.1) is 0 Å². The van der Waals surface area contributed by atoms with Crippen LogP contribution >= 0.6 is 11.3 Å². The van der Waals surface area contributed by atoms with Crippen molar-refractivity contribution in [3.63, 3.8) is 0 Å². The van der Waals surface area contributed by atoms with Gasteiger partial charge in [0.25, 0.3) is 0 Å². The quantitative estimate of drug-likeness (QED) is 0.746. The molecule has 1 aliphatic heterocycles. The second-order valence-corrected chi connectivity index (χ2v) is 5.42. The van der Waals surface area contributed by atoms with Gasteiger partial charge in [-0.15, -0.1) is 5.10 Å². The molecular weight excluding hydrogens is 274 g/mol. The maximum Gasteiger partial charge on any atom is 0.230 e. The lowest BCUT2D eigenvalue weighted by Crippen LogP contribution is -2.44. The maximum atomic E-state index is 4.58. The average Bonchev–Trinajstić information content (AvgIpc) is 3.18. The highest BCUT2D eigenvalue weighted by atomic mass is 32.1. The van der Waals surface area contributed by atoms with Crippen LogP contribution in [0.1, 0.15) is 0 Å². The van der Waals surface area contributed by atoms with Crippen molar-refractivity contribution in [1.29, 1.82) is 0 Å². The Kier molecular flexibility index (Phi) is 2.82. The average molecular weight is 287 g/mol. The lowest BCUT2D eigenvalue weighted by Gasteiger charge is -2.28. The van der Waals surface area contributed by atoms with Crippen LogP contribution in [0.25, 0.3) is 16.8 Å². The van der Waals surface area contributed by atoms with E-state index in [-0.39, 0.29) is 0 Å². The van der Waals surface area contributed by atoms with Gasteiger partial charge in [-0.05, 0) is 32.8 Å². The van der Waals surface area contributed by atoms with Crippen molar-refractivity contribution in [3.05, 3.63) is 23.0 Å². The van der Waals surface area contributed by atoms with E-state index in [0.717, 1.165) is 48.9 Å². The third-order valence-corrected chi connectivity index (χ3v) is 4.12. The molecule has 1 fully saturated rings. The van der Waals surface area contributed by atoms with Gasteiger partial charge >= 0.3 is 0 Å². The Morgan fingerprint density at radius 3 is 2.95 bits per heavy atom. The van der Waals surface area contributed by atoms with Crippen LogP contribution < -0.4 is 10.2 Å². The van der Waals surface area contributed by atoms with Gasteiger partial charge in [-0.1, -0.05) is 0 Å². The van der Waals surface area contributed by atoms with Crippen LogP contribution in [-0.2, 0) is 0 Å². The fourth-order valence-corrected chi connectivity index (χ4v) is 3.08. The van der Waals surface area contributed by atoms with Crippen LogP contribution in [0.15, 0.2) is 23.0 Å². The van der Waals surface area contributed by atoms with Gasteiger partial charge in [0.15, 0.2) is 5.65 Å². The molecule has 1 aliphatic rings. The van der Waals surface area contributed by atoms with Gasteiger partial charge in [0.1, 0.15) is 0 Å². The molecule has 0 spiro atoms. The summed E-state index contributed by atoms with van der Waals surface area (Å²) in [7, 11) is 0. The zero-order chi connectivity index (χ0) is 13.4. The first kappa shape index (κ1) is 11.7. The number of anilines is 1. The van der Waals surface area contributed by atoms with Crippen molar-refractivity contribution in [3.8, 4) is 11.1 Å². The zero-order valence-electron chi connectivity index (χ0n) is 10.7. The predicted octanol–water partition coefficient (Wildman–Crippen LogP) is 0.657. The summed E-state index contributed by atoms with van der Waals surface area (Å²) in [6, 6.07) is 2.06. The van der Waals surface area contributed by atoms with Crippen LogP contribution in [0.4, 0.5) is 5.95 Å². The Labute approximate surface area is 119 Å². The molecule has 4 heterocycles. The number of tetrazole rings is 1. The fourth-order valence-electron chi connectivity index (χ4n) is 2.43. The number of thiophene rings is 1. The highest BCUT2D eigenvalue weighted by Crippen LogP contribution is 2.26. The minimum absolute atomic E-state index is 0.756. The van der Waals surface area contributed by atoms with Crippen LogP contribution in [-0.4, -0.2) is 51.2 Å². The van der Waals surface area contributed by atoms with Gasteiger partial charge in [-0.3, -0.25) is 0 Å². The summed E-state index contributed by atoms with van der Waals surface area (Å²) in [5.74, 6) is 0.811. The molecular formula is C12H13N7S. The number of aromatic nitrogens is 5. The van der Waals surface area contributed by atoms with Crippen molar-refractivity contribution in [1.82, 2.24) is 30.3 Å². The van der Waals surface area contributed by atoms with E-state index in [4.69, 9.17) is 0 Å². The van der Waals surface area contributed by atoms with Crippen molar-refractivity contribution in [2.45, 2.75) is 0 Å². The molecule has 0 atom stereocenters. The number of fused-ring (bicyclic) bond motifs is 1. The third kappa shape index (κ3) is 1.84. The van der Waals surface area contributed by atoms with E-state index in [1.54, 1.807) is 15.9 Å². The Morgan fingerprint density at radius 1 is 1.25 bits per heavy atom. The van der Waals surface area contributed by atoms with E-state index >= 15 is 0 Å². The summed E-state index contributed by atoms with van der Waals surface area (Å²) >= 11 is 1.65. The molecule has 4 rings (SSSR count). The van der Waals surface area contributed by atoms with E-state index in [1.165, 1.54) is 0 Å². The zero-order valence-corrected chi connectivity index (χ0v) is 11.5. The molecule has 0 radical (unpaired) electrons. The van der Waals surface area contributed by atoms with E-state index in [1.807, 2.05) is 11.6 Å². The van der Waals surface area contributed by atoms with E-state index in [2.05, 4.69) is 42.2 Å². The fraction of sp³-hybridized carbons (Fsp3) is 0.333. The van der Waals surface area contributed by atoms with E-state index in [0.29, 0.717) is 0 Å². The van der Waals surface area contributed by atoms with Crippen molar-refractivity contribution >= 4 is 22.9 Å². The van der Waals surface area contributed by atoms with Gasteiger partial charge in [0.2, 0.25) is 5.95 Å². The summed E-state index contributed by atoms with van der Waals surface area (Å²) in [6.07, 6.45) is 1.87. The second-order valence-electron chi connectivity index (χ2n) is 4.64. The Hall–Kier alpha value is -2.06. The minimum Gasteiger partial charge on any atom is -0.338 e. The molecule has 20 heavy (non-hydrogen) atoms. The summed E-state index contributed by atoms with van der Waals surface area (Å²) < 4.78 is 1.73. The van der Waals surface area contributed by atoms with Crippen molar-refractivity contribution in [2.75, 3.05) is 31.1 Å². The lowest BCUT2D eigenvalue weighted by atomic mass is 10.2. The van der Waals surface area contributed by atoms with E-state index < -0.39 is 0 Å². The molecule has 1 N–H and O–H groups in total. The molecule has 0 aliphatic carbocycles. The smallest absolute Gasteiger partial charge is 0.230 e. The van der Waals surface area contributed by atoms with Gasteiger partial charge in [0, 0.05) is 37.9 Å². The summed E-state index contributed by atoms with van der Waals surface area (Å²) in [5, 5.41) is 19.5. The maximum absolute atomic E-state index is 4.58.